The molecule has 1 fully saturated rings. The molecule has 1 N–H and O–H groups in total. The number of carbonyl (C=O) groups is 1. The third-order valence-electron chi connectivity index (χ3n) is 3.62. The predicted octanol–water partition coefficient (Wildman–Crippen LogP) is 0.705. The summed E-state index contributed by atoms with van der Waals surface area (Å²) in [5, 5.41) is 2.77. The Labute approximate surface area is 123 Å². The van der Waals surface area contributed by atoms with Crippen LogP contribution in [0.5, 0.6) is 0 Å². The number of pyridine rings is 1. The number of aromatic nitrogens is 1. The fourth-order valence-corrected chi connectivity index (χ4v) is 4.05. The Hall–Kier alpha value is -1.86. The summed E-state index contributed by atoms with van der Waals surface area (Å²) in [4.78, 5) is 12.1. The molecule has 0 unspecified atom stereocenters. The van der Waals surface area contributed by atoms with Crippen LogP contribution in [0.15, 0.2) is 36.7 Å². The monoisotopic (exact) mass is 307 g/mol. The first kappa shape index (κ1) is 14.1. The molecule has 0 bridgehead atoms. The summed E-state index contributed by atoms with van der Waals surface area (Å²) in [5.74, 6) is 0.0292. The van der Waals surface area contributed by atoms with Gasteiger partial charge in [0.25, 0.3) is 5.91 Å². The van der Waals surface area contributed by atoms with Gasteiger partial charge < -0.3 is 9.72 Å². The summed E-state index contributed by atoms with van der Waals surface area (Å²) in [5.41, 5.74) is 1.52. The second-order valence-corrected chi connectivity index (χ2v) is 7.17. The largest absolute Gasteiger partial charge is 0.351 e. The molecule has 1 aliphatic rings. The lowest BCUT2D eigenvalue weighted by molar-refractivity contribution is 0.0952. The van der Waals surface area contributed by atoms with Gasteiger partial charge in [0.15, 0.2) is 0 Å². The number of nitrogens with one attached hydrogen (secondary N) is 1. The average molecular weight is 307 g/mol. The zero-order valence-electron chi connectivity index (χ0n) is 11.5. The van der Waals surface area contributed by atoms with Gasteiger partial charge in [-0.05, 0) is 24.6 Å². The molecule has 0 saturated carbocycles. The number of hydrogen-bond donors (Lipinski definition) is 1. The van der Waals surface area contributed by atoms with E-state index >= 15 is 0 Å². The summed E-state index contributed by atoms with van der Waals surface area (Å²) >= 11 is 0. The Morgan fingerprint density at radius 1 is 1.33 bits per heavy atom. The Morgan fingerprint density at radius 3 is 2.90 bits per heavy atom. The molecule has 6 nitrogen and oxygen atoms in total. The van der Waals surface area contributed by atoms with Crippen molar-refractivity contribution in [1.82, 2.24) is 14.0 Å². The number of nitrogens with zero attached hydrogens (tertiary/aromatic N) is 2. The Morgan fingerprint density at radius 2 is 2.19 bits per heavy atom. The molecule has 0 spiro atoms. The van der Waals surface area contributed by atoms with Crippen LogP contribution < -0.4 is 5.32 Å². The zero-order valence-corrected chi connectivity index (χ0v) is 12.3. The van der Waals surface area contributed by atoms with Gasteiger partial charge in [0.2, 0.25) is 10.0 Å². The normalized spacial score (nSPS) is 18.1. The first-order valence-corrected chi connectivity index (χ1v) is 8.50. The molecule has 0 aliphatic carbocycles. The van der Waals surface area contributed by atoms with E-state index in [-0.39, 0.29) is 11.7 Å². The van der Waals surface area contributed by atoms with Crippen molar-refractivity contribution in [2.24, 2.45) is 0 Å². The van der Waals surface area contributed by atoms with Crippen molar-refractivity contribution in [2.75, 3.05) is 25.4 Å². The van der Waals surface area contributed by atoms with Crippen LogP contribution in [0.25, 0.3) is 5.52 Å². The topological polar surface area (TPSA) is 70.9 Å². The minimum absolute atomic E-state index is 0.185. The van der Waals surface area contributed by atoms with Crippen LogP contribution in [0.4, 0.5) is 0 Å². The van der Waals surface area contributed by atoms with Gasteiger partial charge in [0.1, 0.15) is 0 Å². The van der Waals surface area contributed by atoms with Crippen molar-refractivity contribution in [3.8, 4) is 0 Å². The number of hydrogen-bond acceptors (Lipinski definition) is 3. The van der Waals surface area contributed by atoms with E-state index in [0.29, 0.717) is 31.6 Å². The van der Waals surface area contributed by atoms with E-state index in [1.165, 1.54) is 4.31 Å². The maximum Gasteiger partial charge on any atom is 0.252 e. The highest BCUT2D eigenvalue weighted by Crippen LogP contribution is 2.12. The zero-order chi connectivity index (χ0) is 14.9. The van der Waals surface area contributed by atoms with E-state index in [0.717, 1.165) is 5.52 Å². The van der Waals surface area contributed by atoms with Gasteiger partial charge in [-0.15, -0.1) is 0 Å². The lowest BCUT2D eigenvalue weighted by Crippen LogP contribution is -2.35. The van der Waals surface area contributed by atoms with E-state index in [2.05, 4.69) is 5.32 Å². The van der Waals surface area contributed by atoms with E-state index in [4.69, 9.17) is 0 Å². The molecule has 3 rings (SSSR count). The third-order valence-corrected chi connectivity index (χ3v) is 5.57. The van der Waals surface area contributed by atoms with E-state index in [1.807, 2.05) is 34.9 Å². The molecule has 7 heteroatoms. The average Bonchev–Trinajstić information content (AvgIpc) is 3.02. The molecule has 0 radical (unpaired) electrons. The molecule has 21 heavy (non-hydrogen) atoms. The molecule has 112 valence electrons. The molecule has 2 aromatic heterocycles. The Bertz CT molecular complexity index is 734. The van der Waals surface area contributed by atoms with Gasteiger partial charge in [-0.2, -0.15) is 0 Å². The minimum atomic E-state index is -3.09. The van der Waals surface area contributed by atoms with Crippen LogP contribution in [0.3, 0.4) is 0 Å². The second-order valence-electron chi connectivity index (χ2n) is 5.09. The van der Waals surface area contributed by atoms with Crippen LogP contribution >= 0.6 is 0 Å². The highest BCUT2D eigenvalue weighted by Gasteiger charge is 2.27. The Balaban J connectivity index is 1.59. The standard InChI is InChI=1S/C14H17N3O3S/c18-14(12-10-13-4-1-2-6-16(13)11-12)15-5-8-17-7-3-9-21(17,19)20/h1-2,4,6,10-11H,3,5,7-9H2,(H,15,18). The van der Waals surface area contributed by atoms with Crippen molar-refractivity contribution in [1.29, 1.82) is 0 Å². The van der Waals surface area contributed by atoms with Crippen LogP contribution in [0, 0.1) is 0 Å². The van der Waals surface area contributed by atoms with Crippen LogP contribution in [-0.4, -0.2) is 48.4 Å². The molecule has 2 aromatic rings. The van der Waals surface area contributed by atoms with Gasteiger partial charge in [-0.3, -0.25) is 4.79 Å². The number of sulfonamides is 1. The van der Waals surface area contributed by atoms with Gasteiger partial charge in [0.05, 0.1) is 11.3 Å². The number of fused-ring (bicyclic) bond motifs is 1. The number of rotatable bonds is 4. The molecule has 1 amide bonds. The van der Waals surface area contributed by atoms with Gasteiger partial charge >= 0.3 is 0 Å². The summed E-state index contributed by atoms with van der Waals surface area (Å²) in [6, 6.07) is 7.54. The number of amides is 1. The van der Waals surface area contributed by atoms with Gasteiger partial charge in [0, 0.05) is 37.5 Å². The van der Waals surface area contributed by atoms with Gasteiger partial charge in [-0.25, -0.2) is 12.7 Å². The predicted molar refractivity (Wildman–Crippen MR) is 79.7 cm³/mol. The van der Waals surface area contributed by atoms with E-state index in [9.17, 15) is 13.2 Å². The van der Waals surface area contributed by atoms with Crippen molar-refractivity contribution < 1.29 is 13.2 Å². The van der Waals surface area contributed by atoms with Crippen molar-refractivity contribution in [3.05, 3.63) is 42.2 Å². The first-order chi connectivity index (χ1) is 10.1. The Kier molecular flexibility index (Phi) is 3.69. The second kappa shape index (κ2) is 5.50. The fraction of sp³-hybridized carbons (Fsp3) is 0.357. The highest BCUT2D eigenvalue weighted by atomic mass is 32.2. The fourth-order valence-electron chi connectivity index (χ4n) is 2.52. The molecular formula is C14H17N3O3S. The van der Waals surface area contributed by atoms with E-state index < -0.39 is 10.0 Å². The van der Waals surface area contributed by atoms with Crippen molar-refractivity contribution >= 4 is 21.4 Å². The smallest absolute Gasteiger partial charge is 0.252 e. The van der Waals surface area contributed by atoms with Crippen molar-refractivity contribution in [2.45, 2.75) is 6.42 Å². The quantitative estimate of drug-likeness (QED) is 0.904. The van der Waals surface area contributed by atoms with Crippen LogP contribution in [0.2, 0.25) is 0 Å². The summed E-state index contributed by atoms with van der Waals surface area (Å²) in [6.07, 6.45) is 4.31. The minimum Gasteiger partial charge on any atom is -0.351 e. The molecule has 0 aromatic carbocycles. The first-order valence-electron chi connectivity index (χ1n) is 6.89. The SMILES string of the molecule is O=C(NCCN1CCCS1(=O)=O)c1cc2ccccn2c1. The summed E-state index contributed by atoms with van der Waals surface area (Å²) in [7, 11) is -3.09. The molecule has 1 saturated heterocycles. The maximum absolute atomic E-state index is 12.1. The third kappa shape index (κ3) is 2.93. The van der Waals surface area contributed by atoms with Gasteiger partial charge in [-0.1, -0.05) is 6.07 Å². The molecule has 1 aliphatic heterocycles. The molecule has 0 atom stereocenters. The summed E-state index contributed by atoms with van der Waals surface area (Å²) in [6.45, 7) is 1.21. The molecule has 3 heterocycles. The maximum atomic E-state index is 12.1. The summed E-state index contributed by atoms with van der Waals surface area (Å²) < 4.78 is 26.6. The lowest BCUT2D eigenvalue weighted by atomic mass is 10.3. The number of carbonyl (C=O) groups excluding carboxylic acids is 1. The van der Waals surface area contributed by atoms with Crippen molar-refractivity contribution in [3.63, 3.8) is 0 Å². The highest BCUT2D eigenvalue weighted by molar-refractivity contribution is 7.89. The van der Waals surface area contributed by atoms with Crippen LogP contribution in [0.1, 0.15) is 16.8 Å². The van der Waals surface area contributed by atoms with E-state index in [1.54, 1.807) is 6.20 Å². The lowest BCUT2D eigenvalue weighted by Gasteiger charge is -2.14. The van der Waals surface area contributed by atoms with Crippen LogP contribution in [-0.2, 0) is 10.0 Å². The molecular weight excluding hydrogens is 290 g/mol.